The van der Waals surface area contributed by atoms with E-state index in [0.29, 0.717) is 32.5 Å². The zero-order valence-corrected chi connectivity index (χ0v) is 11.1. The minimum atomic E-state index is -0.805. The zero-order valence-electron chi connectivity index (χ0n) is 11.1. The highest BCUT2D eigenvalue weighted by atomic mass is 16.4. The van der Waals surface area contributed by atoms with E-state index in [1.807, 2.05) is 13.1 Å². The first-order chi connectivity index (χ1) is 9.06. The number of hydrogen-bond acceptors (Lipinski definition) is 3. The van der Waals surface area contributed by atoms with Crippen molar-refractivity contribution in [3.63, 3.8) is 0 Å². The van der Waals surface area contributed by atoms with Gasteiger partial charge in [-0.05, 0) is 25.3 Å². The number of aryl methyl sites for hydroxylation is 2. The summed E-state index contributed by atoms with van der Waals surface area (Å²) in [6.45, 7) is 3.50. The molecule has 1 aliphatic rings. The van der Waals surface area contributed by atoms with Crippen LogP contribution in [-0.2, 0) is 16.1 Å². The first-order valence-electron chi connectivity index (χ1n) is 6.56. The number of carbonyl (C=O) groups excluding carboxylic acids is 1. The van der Waals surface area contributed by atoms with Crippen molar-refractivity contribution in [1.82, 2.24) is 14.7 Å². The fraction of sp³-hybridized carbons (Fsp3) is 0.615. The van der Waals surface area contributed by atoms with Crippen LogP contribution in [0.15, 0.2) is 12.4 Å². The number of piperidine rings is 1. The molecule has 6 heteroatoms. The normalized spacial score (nSPS) is 19.4. The number of likely N-dealkylation sites (tertiary alicyclic amines) is 1. The monoisotopic (exact) mass is 265 g/mol. The lowest BCUT2D eigenvalue weighted by molar-refractivity contribution is -0.145. The van der Waals surface area contributed by atoms with E-state index >= 15 is 0 Å². The van der Waals surface area contributed by atoms with Crippen LogP contribution in [0.2, 0.25) is 0 Å². The van der Waals surface area contributed by atoms with E-state index < -0.39 is 11.9 Å². The van der Waals surface area contributed by atoms with Gasteiger partial charge in [-0.25, -0.2) is 0 Å². The Labute approximate surface area is 112 Å². The number of aliphatic carboxylic acids is 1. The summed E-state index contributed by atoms with van der Waals surface area (Å²) in [6, 6.07) is 0. The number of carboxylic acids is 1. The highest BCUT2D eigenvalue weighted by Gasteiger charge is 2.27. The Kier molecular flexibility index (Phi) is 4.19. The highest BCUT2D eigenvalue weighted by molar-refractivity contribution is 5.77. The summed E-state index contributed by atoms with van der Waals surface area (Å²) in [7, 11) is 0. The van der Waals surface area contributed by atoms with E-state index in [4.69, 9.17) is 5.11 Å². The number of rotatable bonds is 4. The average molecular weight is 265 g/mol. The van der Waals surface area contributed by atoms with Crippen LogP contribution in [0.3, 0.4) is 0 Å². The van der Waals surface area contributed by atoms with Gasteiger partial charge in [-0.1, -0.05) is 0 Å². The number of hydrogen-bond donors (Lipinski definition) is 1. The maximum absolute atomic E-state index is 12.0. The van der Waals surface area contributed by atoms with Crippen LogP contribution >= 0.6 is 0 Å². The molecule has 0 bridgehead atoms. The lowest BCUT2D eigenvalue weighted by Gasteiger charge is -2.30. The van der Waals surface area contributed by atoms with Gasteiger partial charge in [0, 0.05) is 32.3 Å². The summed E-state index contributed by atoms with van der Waals surface area (Å²) >= 11 is 0. The number of carbonyl (C=O) groups is 2. The maximum atomic E-state index is 12.0. The van der Waals surface area contributed by atoms with Crippen LogP contribution in [0.1, 0.15) is 24.8 Å². The highest BCUT2D eigenvalue weighted by Crippen LogP contribution is 2.17. The van der Waals surface area contributed by atoms with Gasteiger partial charge in [-0.15, -0.1) is 0 Å². The van der Waals surface area contributed by atoms with Crippen molar-refractivity contribution in [3.05, 3.63) is 18.0 Å². The van der Waals surface area contributed by atoms with E-state index in [1.165, 1.54) is 0 Å². The summed E-state index contributed by atoms with van der Waals surface area (Å²) in [6.07, 6.45) is 5.45. The molecule has 1 unspecified atom stereocenters. The third-order valence-electron chi connectivity index (χ3n) is 3.44. The molecule has 104 valence electrons. The van der Waals surface area contributed by atoms with Crippen molar-refractivity contribution in [1.29, 1.82) is 0 Å². The minimum Gasteiger partial charge on any atom is -0.481 e. The largest absolute Gasteiger partial charge is 0.481 e. The Balaban J connectivity index is 1.84. The topological polar surface area (TPSA) is 75.4 Å². The molecule has 6 nitrogen and oxygen atoms in total. The Morgan fingerprint density at radius 3 is 2.95 bits per heavy atom. The van der Waals surface area contributed by atoms with E-state index in [1.54, 1.807) is 15.8 Å². The summed E-state index contributed by atoms with van der Waals surface area (Å²) in [5, 5.41) is 13.1. The van der Waals surface area contributed by atoms with Gasteiger partial charge in [0.15, 0.2) is 0 Å². The lowest BCUT2D eigenvalue weighted by atomic mass is 9.98. The first kappa shape index (κ1) is 13.6. The second kappa shape index (κ2) is 5.86. The van der Waals surface area contributed by atoms with Gasteiger partial charge in [0.05, 0.1) is 12.1 Å². The number of nitrogens with zero attached hydrogens (tertiary/aromatic N) is 3. The van der Waals surface area contributed by atoms with Crippen molar-refractivity contribution in [2.24, 2.45) is 5.92 Å². The molecule has 1 aliphatic heterocycles. The molecule has 2 rings (SSSR count). The van der Waals surface area contributed by atoms with Crippen LogP contribution in [0.25, 0.3) is 0 Å². The third kappa shape index (κ3) is 3.56. The molecule has 0 radical (unpaired) electrons. The van der Waals surface area contributed by atoms with Gasteiger partial charge in [0.1, 0.15) is 0 Å². The van der Waals surface area contributed by atoms with Crippen LogP contribution in [0, 0.1) is 12.8 Å². The van der Waals surface area contributed by atoms with Gasteiger partial charge in [0.25, 0.3) is 0 Å². The number of aromatic nitrogens is 2. The second-order valence-electron chi connectivity index (χ2n) is 5.05. The van der Waals surface area contributed by atoms with Crippen LogP contribution in [-0.4, -0.2) is 44.8 Å². The fourth-order valence-electron chi connectivity index (χ4n) is 2.36. The third-order valence-corrected chi connectivity index (χ3v) is 3.44. The first-order valence-corrected chi connectivity index (χ1v) is 6.56. The molecule has 0 spiro atoms. The van der Waals surface area contributed by atoms with Gasteiger partial charge in [0.2, 0.25) is 5.91 Å². The van der Waals surface area contributed by atoms with Crippen molar-refractivity contribution in [2.75, 3.05) is 13.1 Å². The number of carboxylic acid groups (broad SMARTS) is 1. The molecule has 1 saturated heterocycles. The van der Waals surface area contributed by atoms with Crippen molar-refractivity contribution >= 4 is 11.9 Å². The molecule has 1 aromatic rings. The predicted molar refractivity (Wildman–Crippen MR) is 68.5 cm³/mol. The zero-order chi connectivity index (χ0) is 13.8. The van der Waals surface area contributed by atoms with Gasteiger partial charge < -0.3 is 10.0 Å². The van der Waals surface area contributed by atoms with E-state index in [2.05, 4.69) is 5.10 Å². The van der Waals surface area contributed by atoms with E-state index in [-0.39, 0.29) is 5.91 Å². The quantitative estimate of drug-likeness (QED) is 0.877. The van der Waals surface area contributed by atoms with Crippen molar-refractivity contribution in [2.45, 2.75) is 32.7 Å². The molecule has 0 saturated carbocycles. The van der Waals surface area contributed by atoms with Crippen LogP contribution in [0.5, 0.6) is 0 Å². The summed E-state index contributed by atoms with van der Waals surface area (Å²) in [5.41, 5.74) is 1.07. The molecular weight excluding hydrogens is 246 g/mol. The molecular formula is C13H19N3O3. The van der Waals surface area contributed by atoms with Gasteiger partial charge in [-0.3, -0.25) is 14.3 Å². The Morgan fingerprint density at radius 2 is 2.32 bits per heavy atom. The number of amides is 1. The SMILES string of the molecule is Cc1cnn(CCC(=O)N2CCCC(C(=O)O)C2)c1. The molecule has 1 amide bonds. The standard InChI is InChI=1S/C13H19N3O3/c1-10-7-14-16(8-10)6-4-12(17)15-5-2-3-11(9-15)13(18)19/h7-8,11H,2-6,9H2,1H3,(H,18,19). The smallest absolute Gasteiger partial charge is 0.308 e. The van der Waals surface area contributed by atoms with Gasteiger partial charge in [-0.2, -0.15) is 5.10 Å². The van der Waals surface area contributed by atoms with E-state index in [0.717, 1.165) is 12.0 Å². The fourth-order valence-corrected chi connectivity index (χ4v) is 2.36. The molecule has 0 aromatic carbocycles. The summed E-state index contributed by atoms with van der Waals surface area (Å²) in [5.74, 6) is -1.20. The molecule has 1 atom stereocenters. The van der Waals surface area contributed by atoms with Crippen molar-refractivity contribution < 1.29 is 14.7 Å². The maximum Gasteiger partial charge on any atom is 0.308 e. The molecule has 1 fully saturated rings. The predicted octanol–water partition coefficient (Wildman–Crippen LogP) is 0.905. The van der Waals surface area contributed by atoms with Crippen LogP contribution < -0.4 is 0 Å². The Morgan fingerprint density at radius 1 is 1.53 bits per heavy atom. The molecule has 1 N–H and O–H groups in total. The summed E-state index contributed by atoms with van der Waals surface area (Å²) in [4.78, 5) is 24.7. The van der Waals surface area contributed by atoms with Crippen LogP contribution in [0.4, 0.5) is 0 Å². The van der Waals surface area contributed by atoms with Gasteiger partial charge >= 0.3 is 5.97 Å². The summed E-state index contributed by atoms with van der Waals surface area (Å²) < 4.78 is 1.74. The molecule has 19 heavy (non-hydrogen) atoms. The molecule has 0 aliphatic carbocycles. The molecule has 2 heterocycles. The van der Waals surface area contributed by atoms with E-state index in [9.17, 15) is 9.59 Å². The Hall–Kier alpha value is -1.85. The second-order valence-corrected chi connectivity index (χ2v) is 5.05. The average Bonchev–Trinajstić information content (AvgIpc) is 2.82. The molecule has 1 aromatic heterocycles. The lowest BCUT2D eigenvalue weighted by Crippen LogP contribution is -2.42. The van der Waals surface area contributed by atoms with Crippen molar-refractivity contribution in [3.8, 4) is 0 Å². The minimum absolute atomic E-state index is 0.0131. The Bertz CT molecular complexity index is 469.